The standard InChI is InChI=1S/C12H17FN2O.ClH/c13-10-5-4-9(8-14)11(7-10)15-6-2-1-3-12(15)16;/h4-5,7,12,16H,1-3,6,8,14H2;1H. The van der Waals surface area contributed by atoms with E-state index in [1.165, 1.54) is 12.1 Å². The number of aliphatic hydroxyl groups excluding tert-OH is 1. The first-order chi connectivity index (χ1) is 7.72. The normalized spacial score (nSPS) is 19.9. The Hall–Kier alpha value is -0.840. The van der Waals surface area contributed by atoms with Crippen LogP contribution in [0, 0.1) is 5.82 Å². The number of benzene rings is 1. The van der Waals surface area contributed by atoms with Gasteiger partial charge in [-0.25, -0.2) is 4.39 Å². The molecule has 1 atom stereocenters. The van der Waals surface area contributed by atoms with E-state index in [1.54, 1.807) is 6.07 Å². The molecule has 1 aromatic carbocycles. The van der Waals surface area contributed by atoms with Crippen LogP contribution in [0.3, 0.4) is 0 Å². The average Bonchev–Trinajstić information content (AvgIpc) is 2.29. The lowest BCUT2D eigenvalue weighted by Crippen LogP contribution is -2.40. The van der Waals surface area contributed by atoms with Crippen molar-refractivity contribution in [1.29, 1.82) is 0 Å². The third-order valence-electron chi connectivity index (χ3n) is 3.05. The monoisotopic (exact) mass is 260 g/mol. The summed E-state index contributed by atoms with van der Waals surface area (Å²) in [5.41, 5.74) is 7.23. The predicted molar refractivity (Wildman–Crippen MR) is 68.7 cm³/mol. The highest BCUT2D eigenvalue weighted by Crippen LogP contribution is 2.27. The minimum atomic E-state index is -0.513. The maximum absolute atomic E-state index is 13.2. The third kappa shape index (κ3) is 3.09. The second-order valence-electron chi connectivity index (χ2n) is 4.15. The molecule has 96 valence electrons. The van der Waals surface area contributed by atoms with Crippen molar-refractivity contribution in [1.82, 2.24) is 0 Å². The fourth-order valence-electron chi connectivity index (χ4n) is 2.17. The van der Waals surface area contributed by atoms with Crippen LogP contribution in [0.4, 0.5) is 10.1 Å². The summed E-state index contributed by atoms with van der Waals surface area (Å²) < 4.78 is 13.2. The van der Waals surface area contributed by atoms with Crippen molar-refractivity contribution < 1.29 is 9.50 Å². The Morgan fingerprint density at radius 1 is 1.41 bits per heavy atom. The molecule has 0 aliphatic carbocycles. The molecule has 0 aromatic heterocycles. The summed E-state index contributed by atoms with van der Waals surface area (Å²) in [6.45, 7) is 1.12. The molecule has 0 bridgehead atoms. The lowest BCUT2D eigenvalue weighted by atomic mass is 10.1. The summed E-state index contributed by atoms with van der Waals surface area (Å²) in [6, 6.07) is 4.55. The van der Waals surface area contributed by atoms with Crippen LogP contribution in [0.15, 0.2) is 18.2 Å². The Kier molecular flexibility index (Phi) is 5.18. The number of aliphatic hydroxyl groups is 1. The maximum atomic E-state index is 13.2. The van der Waals surface area contributed by atoms with Crippen LogP contribution in [0.1, 0.15) is 24.8 Å². The molecule has 0 saturated carbocycles. The Balaban J connectivity index is 0.00000144. The van der Waals surface area contributed by atoms with E-state index in [0.29, 0.717) is 6.54 Å². The summed E-state index contributed by atoms with van der Waals surface area (Å²) in [5, 5.41) is 9.90. The van der Waals surface area contributed by atoms with Crippen LogP contribution in [-0.2, 0) is 6.54 Å². The van der Waals surface area contributed by atoms with Crippen molar-refractivity contribution in [2.24, 2.45) is 5.73 Å². The molecule has 3 N–H and O–H groups in total. The quantitative estimate of drug-likeness (QED) is 0.855. The zero-order valence-corrected chi connectivity index (χ0v) is 10.4. The van der Waals surface area contributed by atoms with Crippen LogP contribution in [-0.4, -0.2) is 17.9 Å². The number of anilines is 1. The van der Waals surface area contributed by atoms with E-state index in [0.717, 1.165) is 37.1 Å². The van der Waals surface area contributed by atoms with E-state index in [4.69, 9.17) is 5.73 Å². The Bertz CT molecular complexity index is 376. The molecule has 1 fully saturated rings. The van der Waals surface area contributed by atoms with Crippen LogP contribution in [0.2, 0.25) is 0 Å². The van der Waals surface area contributed by atoms with Gasteiger partial charge in [0.25, 0.3) is 0 Å². The van der Waals surface area contributed by atoms with Gasteiger partial charge >= 0.3 is 0 Å². The number of nitrogens with zero attached hydrogens (tertiary/aromatic N) is 1. The molecule has 5 heteroatoms. The zero-order chi connectivity index (χ0) is 11.5. The fourth-order valence-corrected chi connectivity index (χ4v) is 2.17. The lowest BCUT2D eigenvalue weighted by Gasteiger charge is -2.35. The molecule has 1 saturated heterocycles. The predicted octanol–water partition coefficient (Wildman–Crippen LogP) is 2.01. The molecule has 0 spiro atoms. The summed E-state index contributed by atoms with van der Waals surface area (Å²) in [6.07, 6.45) is 2.27. The third-order valence-corrected chi connectivity index (χ3v) is 3.05. The number of hydrogen-bond donors (Lipinski definition) is 2. The molecular weight excluding hydrogens is 243 g/mol. The van der Waals surface area contributed by atoms with Crippen molar-refractivity contribution in [2.45, 2.75) is 32.0 Å². The van der Waals surface area contributed by atoms with Crippen LogP contribution in [0.5, 0.6) is 0 Å². The van der Waals surface area contributed by atoms with Gasteiger partial charge in [0.05, 0.1) is 0 Å². The summed E-state index contributed by atoms with van der Waals surface area (Å²) in [4.78, 5) is 1.84. The molecule has 0 amide bonds. The number of hydrogen-bond acceptors (Lipinski definition) is 3. The first-order valence-electron chi connectivity index (χ1n) is 5.65. The largest absolute Gasteiger partial charge is 0.374 e. The van der Waals surface area contributed by atoms with Gasteiger partial charge in [-0.2, -0.15) is 0 Å². The van der Waals surface area contributed by atoms with Crippen molar-refractivity contribution in [2.75, 3.05) is 11.4 Å². The summed E-state index contributed by atoms with van der Waals surface area (Å²) in [7, 11) is 0. The number of piperidine rings is 1. The molecule has 1 aliphatic heterocycles. The van der Waals surface area contributed by atoms with E-state index in [-0.39, 0.29) is 18.2 Å². The van der Waals surface area contributed by atoms with Gasteiger partial charge < -0.3 is 15.7 Å². The molecule has 1 aromatic rings. The highest BCUT2D eigenvalue weighted by atomic mass is 35.5. The van der Waals surface area contributed by atoms with Gasteiger partial charge in [0.2, 0.25) is 0 Å². The van der Waals surface area contributed by atoms with Crippen molar-refractivity contribution in [3.8, 4) is 0 Å². The molecule has 2 rings (SSSR count). The Morgan fingerprint density at radius 3 is 2.82 bits per heavy atom. The number of halogens is 2. The molecule has 1 aliphatic rings. The van der Waals surface area contributed by atoms with Gasteiger partial charge in [0.15, 0.2) is 0 Å². The van der Waals surface area contributed by atoms with Crippen LogP contribution < -0.4 is 10.6 Å². The van der Waals surface area contributed by atoms with E-state index < -0.39 is 6.23 Å². The van der Waals surface area contributed by atoms with E-state index in [9.17, 15) is 9.50 Å². The number of rotatable bonds is 2. The Labute approximate surface area is 107 Å². The van der Waals surface area contributed by atoms with Gasteiger partial charge in [-0.15, -0.1) is 12.4 Å². The first-order valence-corrected chi connectivity index (χ1v) is 5.65. The van der Waals surface area contributed by atoms with Crippen LogP contribution >= 0.6 is 12.4 Å². The van der Waals surface area contributed by atoms with Gasteiger partial charge in [-0.05, 0) is 37.0 Å². The SMILES string of the molecule is Cl.NCc1ccc(F)cc1N1CCCCC1O. The lowest BCUT2D eigenvalue weighted by molar-refractivity contribution is 0.139. The molecular formula is C12H18ClFN2O. The van der Waals surface area contributed by atoms with Crippen molar-refractivity contribution in [3.63, 3.8) is 0 Å². The van der Waals surface area contributed by atoms with Gasteiger partial charge in [0.1, 0.15) is 12.0 Å². The zero-order valence-electron chi connectivity index (χ0n) is 9.60. The van der Waals surface area contributed by atoms with E-state index in [1.807, 2.05) is 4.90 Å². The van der Waals surface area contributed by atoms with E-state index >= 15 is 0 Å². The molecule has 0 radical (unpaired) electrons. The number of nitrogens with two attached hydrogens (primary N) is 1. The van der Waals surface area contributed by atoms with Gasteiger partial charge in [0, 0.05) is 18.8 Å². The highest BCUT2D eigenvalue weighted by molar-refractivity contribution is 5.85. The second kappa shape index (κ2) is 6.19. The first kappa shape index (κ1) is 14.2. The topological polar surface area (TPSA) is 49.5 Å². The minimum Gasteiger partial charge on any atom is -0.374 e. The molecule has 1 unspecified atom stereocenters. The van der Waals surface area contributed by atoms with Crippen molar-refractivity contribution in [3.05, 3.63) is 29.6 Å². The summed E-state index contributed by atoms with van der Waals surface area (Å²) >= 11 is 0. The van der Waals surface area contributed by atoms with Crippen molar-refractivity contribution >= 4 is 18.1 Å². The van der Waals surface area contributed by atoms with E-state index in [2.05, 4.69) is 0 Å². The average molecular weight is 261 g/mol. The van der Waals surface area contributed by atoms with Gasteiger partial charge in [-0.1, -0.05) is 6.07 Å². The summed E-state index contributed by atoms with van der Waals surface area (Å²) in [5.74, 6) is -0.287. The smallest absolute Gasteiger partial charge is 0.126 e. The second-order valence-corrected chi connectivity index (χ2v) is 4.15. The maximum Gasteiger partial charge on any atom is 0.126 e. The van der Waals surface area contributed by atoms with Gasteiger partial charge in [-0.3, -0.25) is 0 Å². The highest BCUT2D eigenvalue weighted by Gasteiger charge is 2.22. The fraction of sp³-hybridized carbons (Fsp3) is 0.500. The molecule has 1 heterocycles. The molecule has 3 nitrogen and oxygen atoms in total. The van der Waals surface area contributed by atoms with Crippen LogP contribution in [0.25, 0.3) is 0 Å². The molecule has 17 heavy (non-hydrogen) atoms. The Morgan fingerprint density at radius 2 is 2.18 bits per heavy atom. The minimum absolute atomic E-state index is 0.